The van der Waals surface area contributed by atoms with Gasteiger partial charge < -0.3 is 0 Å². The van der Waals surface area contributed by atoms with E-state index in [9.17, 15) is 5.26 Å². The number of aryl methyl sites for hydroxylation is 2. The number of hydrogen-bond acceptors (Lipinski definition) is 3. The van der Waals surface area contributed by atoms with Crippen molar-refractivity contribution in [3.05, 3.63) is 51.5 Å². The molecule has 0 bridgehead atoms. The van der Waals surface area contributed by atoms with Crippen LogP contribution in [0.1, 0.15) is 28.1 Å². The molecular weight excluding hydrogens is 252 g/mol. The predicted molar refractivity (Wildman–Crippen MR) is 77.1 cm³/mol. The number of aromatic nitrogens is 1. The van der Waals surface area contributed by atoms with E-state index in [1.165, 1.54) is 16.0 Å². The second-order valence-corrected chi connectivity index (χ2v) is 6.31. The lowest BCUT2D eigenvalue weighted by Gasteiger charge is -2.19. The highest BCUT2D eigenvalue weighted by molar-refractivity contribution is 7.09. The van der Waals surface area contributed by atoms with E-state index in [-0.39, 0.29) is 5.41 Å². The summed E-state index contributed by atoms with van der Waals surface area (Å²) in [4.78, 5) is 5.61. The van der Waals surface area contributed by atoms with Gasteiger partial charge in [0, 0.05) is 4.88 Å². The molecule has 1 heterocycles. The first-order valence-electron chi connectivity index (χ1n) is 6.59. The van der Waals surface area contributed by atoms with E-state index in [4.69, 9.17) is 0 Å². The maximum absolute atomic E-state index is 9.62. The van der Waals surface area contributed by atoms with E-state index < -0.39 is 0 Å². The van der Waals surface area contributed by atoms with E-state index in [1.54, 1.807) is 11.3 Å². The molecule has 0 N–H and O–H groups in total. The Kier molecular flexibility index (Phi) is 3.12. The van der Waals surface area contributed by atoms with E-state index in [1.807, 2.05) is 12.4 Å². The van der Waals surface area contributed by atoms with Crippen molar-refractivity contribution < 1.29 is 0 Å². The lowest BCUT2D eigenvalue weighted by atomic mass is 9.81. The molecule has 19 heavy (non-hydrogen) atoms. The lowest BCUT2D eigenvalue weighted by molar-refractivity contribution is 0.387. The molecule has 1 aromatic carbocycles. The molecule has 0 unspecified atom stereocenters. The van der Waals surface area contributed by atoms with Crippen LogP contribution < -0.4 is 0 Å². The van der Waals surface area contributed by atoms with Crippen molar-refractivity contribution in [1.82, 2.24) is 4.98 Å². The van der Waals surface area contributed by atoms with Gasteiger partial charge in [-0.3, -0.25) is 0 Å². The maximum Gasteiger partial charge on any atom is 0.0797 e. The van der Waals surface area contributed by atoms with Gasteiger partial charge in [0.2, 0.25) is 0 Å². The Morgan fingerprint density at radius 3 is 2.53 bits per heavy atom. The summed E-state index contributed by atoms with van der Waals surface area (Å²) in [6.07, 6.45) is 3.70. The average molecular weight is 268 g/mol. The molecule has 0 fully saturated rings. The Morgan fingerprint density at radius 2 is 2.00 bits per heavy atom. The van der Waals surface area contributed by atoms with Crippen LogP contribution in [0.3, 0.4) is 0 Å². The second kappa shape index (κ2) is 4.79. The number of benzene rings is 1. The minimum Gasteiger partial charge on any atom is -0.250 e. The molecule has 0 radical (unpaired) electrons. The molecule has 0 aliphatic heterocycles. The van der Waals surface area contributed by atoms with Crippen molar-refractivity contribution in [1.29, 1.82) is 5.26 Å². The molecule has 0 saturated heterocycles. The smallest absolute Gasteiger partial charge is 0.0797 e. The van der Waals surface area contributed by atoms with E-state index in [0.29, 0.717) is 0 Å². The summed E-state index contributed by atoms with van der Waals surface area (Å²) in [5, 5.41) is 9.62. The predicted octanol–water partition coefficient (Wildman–Crippen LogP) is 3.69. The molecule has 1 aliphatic carbocycles. The second-order valence-electron chi connectivity index (χ2n) is 5.38. The summed E-state index contributed by atoms with van der Waals surface area (Å²) in [5.41, 5.74) is 5.51. The Morgan fingerprint density at radius 1 is 1.32 bits per heavy atom. The molecule has 0 saturated carbocycles. The van der Waals surface area contributed by atoms with Crippen LogP contribution in [0.25, 0.3) is 0 Å². The summed E-state index contributed by atoms with van der Waals surface area (Å²) >= 11 is 1.71. The summed E-state index contributed by atoms with van der Waals surface area (Å²) in [6, 6.07) is 11.0. The third-order valence-corrected chi connectivity index (χ3v) is 5.08. The molecule has 0 amide bonds. The van der Waals surface area contributed by atoms with E-state index >= 15 is 0 Å². The third-order valence-electron chi connectivity index (χ3n) is 4.09. The average Bonchev–Trinajstić information content (AvgIpc) is 3.00. The molecule has 96 valence electrons. The highest BCUT2D eigenvalue weighted by Crippen LogP contribution is 2.40. The SMILES string of the molecule is Cc1ncsc1CCC1(C#N)Cc2ccccc2C1. The standard InChI is InChI=1S/C16H16N2S/c1-12-15(19-11-18-12)6-7-16(10-17)8-13-4-2-3-5-14(13)9-16/h2-5,11H,6-9H2,1H3. The van der Waals surface area contributed by atoms with Crippen LogP contribution >= 0.6 is 11.3 Å². The number of nitrogens with zero attached hydrogens (tertiary/aromatic N) is 2. The van der Waals surface area contributed by atoms with Crippen molar-refractivity contribution in [2.24, 2.45) is 5.41 Å². The number of hydrogen-bond donors (Lipinski definition) is 0. The Bertz CT molecular complexity index is 611. The van der Waals surface area contributed by atoms with E-state index in [2.05, 4.69) is 35.3 Å². The fraction of sp³-hybridized carbons (Fsp3) is 0.375. The van der Waals surface area contributed by atoms with Crippen molar-refractivity contribution in [2.45, 2.75) is 32.6 Å². The Balaban J connectivity index is 1.77. The summed E-state index contributed by atoms with van der Waals surface area (Å²) in [7, 11) is 0. The topological polar surface area (TPSA) is 36.7 Å². The first-order chi connectivity index (χ1) is 9.22. The van der Waals surface area contributed by atoms with Crippen molar-refractivity contribution in [3.63, 3.8) is 0 Å². The molecule has 3 heteroatoms. The summed E-state index contributed by atoms with van der Waals surface area (Å²) in [5.74, 6) is 0. The molecule has 0 atom stereocenters. The molecule has 3 rings (SSSR count). The Hall–Kier alpha value is -1.66. The van der Waals surface area contributed by atoms with Gasteiger partial charge >= 0.3 is 0 Å². The summed E-state index contributed by atoms with van der Waals surface area (Å²) in [6.45, 7) is 2.05. The minimum absolute atomic E-state index is 0.208. The number of nitriles is 1. The summed E-state index contributed by atoms with van der Waals surface area (Å²) < 4.78 is 0. The van der Waals surface area contributed by atoms with Gasteiger partial charge in [0.05, 0.1) is 22.7 Å². The zero-order chi connectivity index (χ0) is 13.3. The van der Waals surface area contributed by atoms with Gasteiger partial charge in [0.1, 0.15) is 0 Å². The zero-order valence-electron chi connectivity index (χ0n) is 11.0. The van der Waals surface area contributed by atoms with Crippen LogP contribution in [0.2, 0.25) is 0 Å². The zero-order valence-corrected chi connectivity index (χ0v) is 11.8. The Labute approximate surface area is 117 Å². The molecule has 2 nitrogen and oxygen atoms in total. The van der Waals surface area contributed by atoms with Crippen molar-refractivity contribution in [3.8, 4) is 6.07 Å². The fourth-order valence-electron chi connectivity index (χ4n) is 2.92. The van der Waals surface area contributed by atoms with Gasteiger partial charge in [0.15, 0.2) is 0 Å². The van der Waals surface area contributed by atoms with Crippen LogP contribution in [-0.4, -0.2) is 4.98 Å². The van der Waals surface area contributed by atoms with Crippen LogP contribution in [0, 0.1) is 23.7 Å². The van der Waals surface area contributed by atoms with Crippen molar-refractivity contribution in [2.75, 3.05) is 0 Å². The van der Waals surface area contributed by atoms with Gasteiger partial charge in [-0.05, 0) is 43.7 Å². The normalized spacial score (nSPS) is 16.0. The van der Waals surface area contributed by atoms with Crippen LogP contribution in [0.4, 0.5) is 0 Å². The van der Waals surface area contributed by atoms with Crippen LogP contribution in [-0.2, 0) is 19.3 Å². The molecule has 0 spiro atoms. The first-order valence-corrected chi connectivity index (χ1v) is 7.47. The molecule has 2 aromatic rings. The van der Waals surface area contributed by atoms with Crippen LogP contribution in [0.5, 0.6) is 0 Å². The highest BCUT2D eigenvalue weighted by Gasteiger charge is 2.37. The maximum atomic E-state index is 9.62. The van der Waals surface area contributed by atoms with Gasteiger partial charge in [0.25, 0.3) is 0 Å². The lowest BCUT2D eigenvalue weighted by Crippen LogP contribution is -2.19. The van der Waals surface area contributed by atoms with Crippen molar-refractivity contribution >= 4 is 11.3 Å². The van der Waals surface area contributed by atoms with Crippen LogP contribution in [0.15, 0.2) is 29.8 Å². The number of fused-ring (bicyclic) bond motifs is 1. The molecule has 1 aromatic heterocycles. The largest absolute Gasteiger partial charge is 0.250 e. The first kappa shape index (κ1) is 12.4. The fourth-order valence-corrected chi connectivity index (χ4v) is 3.71. The molecular formula is C16H16N2S. The van der Waals surface area contributed by atoms with Gasteiger partial charge in [-0.15, -0.1) is 11.3 Å². The molecule has 1 aliphatic rings. The number of thiazole rings is 1. The van der Waals surface area contributed by atoms with Gasteiger partial charge in [-0.1, -0.05) is 24.3 Å². The quantitative estimate of drug-likeness (QED) is 0.851. The monoisotopic (exact) mass is 268 g/mol. The minimum atomic E-state index is -0.208. The third kappa shape index (κ3) is 2.29. The highest BCUT2D eigenvalue weighted by atomic mass is 32.1. The van der Waals surface area contributed by atoms with E-state index in [0.717, 1.165) is 31.4 Å². The van der Waals surface area contributed by atoms with Gasteiger partial charge in [-0.25, -0.2) is 4.98 Å². The van der Waals surface area contributed by atoms with Gasteiger partial charge in [-0.2, -0.15) is 5.26 Å². The number of rotatable bonds is 3.